The Morgan fingerprint density at radius 1 is 0.524 bits per heavy atom. The Bertz CT molecular complexity index is 667. The van der Waals surface area contributed by atoms with E-state index in [1.807, 2.05) is 0 Å². The van der Waals surface area contributed by atoms with Crippen molar-refractivity contribution in [2.75, 3.05) is 0 Å². The van der Waals surface area contributed by atoms with Gasteiger partial charge in [-0.2, -0.15) is 0 Å². The SMILES string of the molecule is O=C1c2c(O)ccc(O)c2C(=O)c2c(O)ccc(O)c21.[PbH2]. The van der Waals surface area contributed by atoms with Crippen LogP contribution in [0.15, 0.2) is 24.3 Å². The van der Waals surface area contributed by atoms with Gasteiger partial charge in [-0.05, 0) is 24.3 Å². The van der Waals surface area contributed by atoms with E-state index in [1.165, 1.54) is 0 Å². The Morgan fingerprint density at radius 3 is 0.905 bits per heavy atom. The number of hydrogen-bond acceptors (Lipinski definition) is 6. The molecular weight excluding hydrogens is 471 g/mol. The molecule has 1 aliphatic rings. The van der Waals surface area contributed by atoms with Crippen LogP contribution >= 0.6 is 0 Å². The average Bonchev–Trinajstić information content (AvgIpc) is 2.41. The molecule has 2 radical (unpaired) electrons. The number of fused-ring (bicyclic) bond motifs is 2. The van der Waals surface area contributed by atoms with Crippen LogP contribution in [0.1, 0.15) is 31.8 Å². The third-order valence-electron chi connectivity index (χ3n) is 3.23. The third-order valence-corrected chi connectivity index (χ3v) is 3.23. The van der Waals surface area contributed by atoms with E-state index in [4.69, 9.17) is 0 Å². The molecule has 4 N–H and O–H groups in total. The summed E-state index contributed by atoms with van der Waals surface area (Å²) in [6.07, 6.45) is 0. The number of ketones is 2. The standard InChI is InChI=1S/C14H8O6.Pb.2H/c15-5-1-2-6(16)10-9(5)13(19)11-7(17)3-4-8(18)12(11)14(10)20;;;/h1-4,15-18H;;;. The number of phenolic OH excluding ortho intramolecular Hbond substituents is 4. The van der Waals surface area contributed by atoms with E-state index < -0.39 is 34.6 Å². The minimum atomic E-state index is -0.837. The second-order valence-electron chi connectivity index (χ2n) is 4.37. The van der Waals surface area contributed by atoms with Crippen LogP contribution in [0.25, 0.3) is 0 Å². The van der Waals surface area contributed by atoms with Crippen LogP contribution in [-0.4, -0.2) is 59.3 Å². The van der Waals surface area contributed by atoms with Gasteiger partial charge < -0.3 is 20.4 Å². The van der Waals surface area contributed by atoms with Gasteiger partial charge >= 0.3 is 27.3 Å². The molecule has 0 spiro atoms. The monoisotopic (exact) mass is 482 g/mol. The quantitative estimate of drug-likeness (QED) is 0.273. The zero-order chi connectivity index (χ0) is 14.6. The van der Waals surface area contributed by atoms with Crippen molar-refractivity contribution in [1.82, 2.24) is 0 Å². The maximum atomic E-state index is 12.3. The summed E-state index contributed by atoms with van der Waals surface area (Å²) in [7, 11) is 0. The number of hydrogen-bond donors (Lipinski definition) is 4. The van der Waals surface area contributed by atoms with Crippen molar-refractivity contribution in [1.29, 1.82) is 0 Å². The topological polar surface area (TPSA) is 115 Å². The fourth-order valence-electron chi connectivity index (χ4n) is 2.33. The van der Waals surface area contributed by atoms with Gasteiger partial charge in [0.15, 0.2) is 0 Å². The van der Waals surface area contributed by atoms with Crippen molar-refractivity contribution in [3.05, 3.63) is 46.5 Å². The summed E-state index contributed by atoms with van der Waals surface area (Å²) >= 11 is 0. The molecule has 0 fully saturated rings. The molecule has 0 saturated carbocycles. The molecule has 2 aromatic rings. The second-order valence-corrected chi connectivity index (χ2v) is 4.37. The number of rotatable bonds is 0. The second kappa shape index (κ2) is 5.03. The number of carbonyl (C=O) groups excluding carboxylic acids is 2. The molecule has 6 nitrogen and oxygen atoms in total. The fourth-order valence-corrected chi connectivity index (χ4v) is 2.33. The number of benzene rings is 2. The Kier molecular flexibility index (Phi) is 3.66. The summed E-state index contributed by atoms with van der Waals surface area (Å²) in [6.45, 7) is 0. The van der Waals surface area contributed by atoms with Gasteiger partial charge in [0.1, 0.15) is 23.0 Å². The Balaban J connectivity index is 0.00000161. The predicted octanol–water partition coefficient (Wildman–Crippen LogP) is 0.368. The van der Waals surface area contributed by atoms with Gasteiger partial charge in [-0.25, -0.2) is 0 Å². The van der Waals surface area contributed by atoms with Crippen LogP contribution in [0.5, 0.6) is 23.0 Å². The molecular formula is C14H10O6Pb. The normalized spacial score (nSPS) is 12.4. The average molecular weight is 481 g/mol. The first kappa shape index (κ1) is 15.3. The molecule has 0 heterocycles. The molecule has 0 saturated heterocycles. The minimum absolute atomic E-state index is 0. The van der Waals surface area contributed by atoms with Gasteiger partial charge in [-0.1, -0.05) is 0 Å². The molecule has 0 amide bonds. The van der Waals surface area contributed by atoms with E-state index in [0.717, 1.165) is 24.3 Å². The molecule has 7 heteroatoms. The third kappa shape index (κ3) is 1.97. The summed E-state index contributed by atoms with van der Waals surface area (Å²) in [5.74, 6) is -3.60. The van der Waals surface area contributed by atoms with E-state index in [1.54, 1.807) is 0 Å². The Hall–Kier alpha value is -2.10. The van der Waals surface area contributed by atoms with Gasteiger partial charge in [0.2, 0.25) is 11.6 Å². The van der Waals surface area contributed by atoms with Gasteiger partial charge in [0.25, 0.3) is 0 Å². The number of carbonyl (C=O) groups is 2. The van der Waals surface area contributed by atoms with Crippen molar-refractivity contribution < 1.29 is 30.0 Å². The van der Waals surface area contributed by atoms with E-state index in [0.29, 0.717) is 0 Å². The van der Waals surface area contributed by atoms with Crippen LogP contribution in [-0.2, 0) is 0 Å². The first-order valence-corrected chi connectivity index (χ1v) is 5.62. The maximum absolute atomic E-state index is 12.3. The molecule has 0 unspecified atom stereocenters. The van der Waals surface area contributed by atoms with E-state index in [2.05, 4.69) is 0 Å². The predicted molar refractivity (Wildman–Crippen MR) is 75.0 cm³/mol. The molecule has 0 atom stereocenters. The van der Waals surface area contributed by atoms with E-state index >= 15 is 0 Å². The summed E-state index contributed by atoms with van der Waals surface area (Å²) in [5, 5.41) is 38.9. The van der Waals surface area contributed by atoms with Gasteiger partial charge in [-0.15, -0.1) is 0 Å². The summed E-state index contributed by atoms with van der Waals surface area (Å²) in [4.78, 5) is 24.6. The first-order valence-electron chi connectivity index (χ1n) is 5.62. The van der Waals surface area contributed by atoms with E-state index in [9.17, 15) is 30.0 Å². The molecule has 0 aliphatic heterocycles. The van der Waals surface area contributed by atoms with Crippen molar-refractivity contribution in [2.24, 2.45) is 0 Å². The molecule has 3 rings (SSSR count). The molecule has 0 bridgehead atoms. The first-order chi connectivity index (χ1) is 9.43. The summed E-state index contributed by atoms with van der Waals surface area (Å²) < 4.78 is 0. The van der Waals surface area contributed by atoms with Crippen molar-refractivity contribution in [3.8, 4) is 23.0 Å². The van der Waals surface area contributed by atoms with Gasteiger partial charge in [-0.3, -0.25) is 9.59 Å². The Morgan fingerprint density at radius 2 is 0.714 bits per heavy atom. The van der Waals surface area contributed by atoms with Crippen molar-refractivity contribution >= 4 is 38.9 Å². The number of phenols is 4. The van der Waals surface area contributed by atoms with Gasteiger partial charge in [0, 0.05) is 0 Å². The molecule has 106 valence electrons. The summed E-state index contributed by atoms with van der Waals surface area (Å²) in [6, 6.07) is 4.29. The van der Waals surface area contributed by atoms with Crippen molar-refractivity contribution in [2.45, 2.75) is 0 Å². The fraction of sp³-hybridized carbons (Fsp3) is 0. The van der Waals surface area contributed by atoms with Crippen LogP contribution in [0.2, 0.25) is 0 Å². The molecule has 2 aromatic carbocycles. The van der Waals surface area contributed by atoms with Crippen LogP contribution in [0.4, 0.5) is 0 Å². The molecule has 0 aromatic heterocycles. The van der Waals surface area contributed by atoms with Crippen molar-refractivity contribution in [3.63, 3.8) is 0 Å². The number of aromatic hydroxyl groups is 4. The van der Waals surface area contributed by atoms with Crippen LogP contribution in [0, 0.1) is 0 Å². The Labute approximate surface area is 138 Å². The zero-order valence-electron chi connectivity index (χ0n) is 10.6. The van der Waals surface area contributed by atoms with E-state index in [-0.39, 0.29) is 49.6 Å². The summed E-state index contributed by atoms with van der Waals surface area (Å²) in [5.41, 5.74) is -1.54. The van der Waals surface area contributed by atoms with Crippen LogP contribution < -0.4 is 0 Å². The zero-order valence-corrected chi connectivity index (χ0v) is 16.1. The van der Waals surface area contributed by atoms with Gasteiger partial charge in [0.05, 0.1) is 22.3 Å². The molecule has 1 aliphatic carbocycles. The van der Waals surface area contributed by atoms with Crippen LogP contribution in [0.3, 0.4) is 0 Å². The molecule has 21 heavy (non-hydrogen) atoms.